The summed E-state index contributed by atoms with van der Waals surface area (Å²) >= 11 is 3.49. The number of rotatable bonds is 0. The maximum Gasteiger partial charge on any atom is 0.162 e. The minimum Gasteiger partial charge on any atom is -0.490 e. The second-order valence-electron chi connectivity index (χ2n) is 5.63. The third kappa shape index (κ3) is 8.04. The lowest BCUT2D eigenvalue weighted by Crippen LogP contribution is -2.08. The Morgan fingerprint density at radius 3 is 1.83 bits per heavy atom. The molecule has 4 nitrogen and oxygen atoms in total. The molecule has 1 heterocycles. The van der Waals surface area contributed by atoms with Crippen LogP contribution in [-0.4, -0.2) is 39.6 Å². The molecule has 0 atom stereocenters. The van der Waals surface area contributed by atoms with Crippen molar-refractivity contribution in [1.29, 1.82) is 0 Å². The summed E-state index contributed by atoms with van der Waals surface area (Å²) in [6.45, 7) is 4.41. The third-order valence-corrected chi connectivity index (χ3v) is 4.15. The Bertz CT molecular complexity index is 439. The van der Waals surface area contributed by atoms with E-state index in [1.165, 1.54) is 0 Å². The lowest BCUT2D eigenvalue weighted by Gasteiger charge is -2.14. The highest BCUT2D eigenvalue weighted by Crippen LogP contribution is 2.31. The lowest BCUT2D eigenvalue weighted by molar-refractivity contribution is 0.0443. The van der Waals surface area contributed by atoms with Crippen LogP contribution in [0.2, 0.25) is 0 Å². The van der Waals surface area contributed by atoms with Crippen LogP contribution in [-0.2, 0) is 9.47 Å². The molecule has 0 N–H and O–H groups in total. The van der Waals surface area contributed by atoms with Crippen molar-refractivity contribution >= 4 is 15.9 Å². The van der Waals surface area contributed by atoms with Gasteiger partial charge in [-0.3, -0.25) is 0 Å². The minimum atomic E-state index is 0.695. The predicted molar refractivity (Wildman–Crippen MR) is 94.5 cm³/mol. The van der Waals surface area contributed by atoms with Gasteiger partial charge in [0.05, 0.1) is 26.4 Å². The molecular formula is C18H27BrO4. The van der Waals surface area contributed by atoms with E-state index in [9.17, 15) is 0 Å². The first kappa shape index (κ1) is 18.6. The van der Waals surface area contributed by atoms with Crippen LogP contribution in [0.4, 0.5) is 0 Å². The summed E-state index contributed by atoms with van der Waals surface area (Å²) in [5.41, 5.74) is 0. The summed E-state index contributed by atoms with van der Waals surface area (Å²) in [4.78, 5) is 0. The van der Waals surface area contributed by atoms with Crippen molar-refractivity contribution in [3.63, 3.8) is 0 Å². The highest BCUT2D eigenvalue weighted by Gasteiger charge is 2.06. The summed E-state index contributed by atoms with van der Waals surface area (Å²) < 4.78 is 23.9. The maximum atomic E-state index is 5.90. The summed E-state index contributed by atoms with van der Waals surface area (Å²) in [6.07, 6.45) is 6.37. The first-order chi connectivity index (χ1) is 11.4. The summed E-state index contributed by atoms with van der Waals surface area (Å²) in [5.74, 6) is 1.65. The largest absolute Gasteiger partial charge is 0.490 e. The molecule has 0 spiro atoms. The minimum absolute atomic E-state index is 0.695. The highest BCUT2D eigenvalue weighted by atomic mass is 79.9. The average Bonchev–Trinajstić information content (AvgIpc) is 2.55. The van der Waals surface area contributed by atoms with Crippen molar-refractivity contribution in [2.24, 2.45) is 0 Å². The number of benzene rings is 1. The van der Waals surface area contributed by atoms with Crippen molar-refractivity contribution in [2.45, 2.75) is 38.5 Å². The fourth-order valence-electron chi connectivity index (χ4n) is 2.37. The van der Waals surface area contributed by atoms with E-state index < -0.39 is 0 Å². The Balaban J connectivity index is 1.84. The van der Waals surface area contributed by atoms with Crippen LogP contribution < -0.4 is 9.47 Å². The molecule has 130 valence electrons. The van der Waals surface area contributed by atoms with E-state index in [0.717, 1.165) is 67.7 Å². The zero-order chi connectivity index (χ0) is 16.2. The first-order valence-corrected chi connectivity index (χ1v) is 9.36. The fraction of sp³-hybridized carbons (Fsp3) is 0.667. The van der Waals surface area contributed by atoms with Gasteiger partial charge in [-0.05, 0) is 56.7 Å². The van der Waals surface area contributed by atoms with Crippen molar-refractivity contribution in [2.75, 3.05) is 39.6 Å². The van der Waals surface area contributed by atoms with E-state index in [2.05, 4.69) is 15.9 Å². The maximum absolute atomic E-state index is 5.90. The van der Waals surface area contributed by atoms with Crippen LogP contribution in [0.3, 0.4) is 0 Å². The van der Waals surface area contributed by atoms with Gasteiger partial charge in [-0.2, -0.15) is 0 Å². The van der Waals surface area contributed by atoms with E-state index in [4.69, 9.17) is 18.9 Å². The van der Waals surface area contributed by atoms with Gasteiger partial charge in [0.2, 0.25) is 0 Å². The smallest absolute Gasteiger partial charge is 0.162 e. The average molecular weight is 387 g/mol. The van der Waals surface area contributed by atoms with E-state index in [1.54, 1.807) is 0 Å². The Hall–Kier alpha value is -0.780. The van der Waals surface area contributed by atoms with Crippen molar-refractivity contribution in [3.05, 3.63) is 22.7 Å². The summed E-state index contributed by atoms with van der Waals surface area (Å²) in [6, 6.07) is 5.93. The predicted octanol–water partition coefficient (Wildman–Crippen LogP) is 4.59. The first-order valence-electron chi connectivity index (χ1n) is 8.57. The van der Waals surface area contributed by atoms with E-state index in [0.29, 0.717) is 26.4 Å². The number of ether oxygens (including phenoxy) is 4. The molecular weight excluding hydrogens is 360 g/mol. The Morgan fingerprint density at radius 1 is 0.609 bits per heavy atom. The van der Waals surface area contributed by atoms with Crippen LogP contribution in [0.15, 0.2) is 22.7 Å². The van der Waals surface area contributed by atoms with E-state index in [1.807, 2.05) is 18.2 Å². The Kier molecular flexibility index (Phi) is 9.45. The van der Waals surface area contributed by atoms with Gasteiger partial charge in [-0.1, -0.05) is 15.9 Å². The van der Waals surface area contributed by atoms with E-state index in [-0.39, 0.29) is 0 Å². The normalized spacial score (nSPS) is 19.5. The van der Waals surface area contributed by atoms with Crippen molar-refractivity contribution in [3.8, 4) is 11.5 Å². The molecule has 0 unspecified atom stereocenters. The van der Waals surface area contributed by atoms with Gasteiger partial charge in [0, 0.05) is 17.7 Å². The highest BCUT2D eigenvalue weighted by molar-refractivity contribution is 9.10. The molecule has 2 rings (SSSR count). The molecule has 0 saturated heterocycles. The molecule has 0 saturated carbocycles. The molecule has 0 fully saturated rings. The fourth-order valence-corrected chi connectivity index (χ4v) is 2.71. The quantitative estimate of drug-likeness (QED) is 0.652. The topological polar surface area (TPSA) is 36.9 Å². The van der Waals surface area contributed by atoms with Gasteiger partial charge < -0.3 is 18.9 Å². The summed E-state index contributed by atoms with van der Waals surface area (Å²) in [7, 11) is 0. The number of hydrogen-bond acceptors (Lipinski definition) is 4. The Labute approximate surface area is 147 Å². The van der Waals surface area contributed by atoms with Gasteiger partial charge in [-0.25, -0.2) is 0 Å². The molecule has 5 heteroatoms. The molecule has 0 amide bonds. The van der Waals surface area contributed by atoms with Crippen LogP contribution in [0, 0.1) is 0 Å². The van der Waals surface area contributed by atoms with Gasteiger partial charge in [-0.15, -0.1) is 0 Å². The van der Waals surface area contributed by atoms with Crippen molar-refractivity contribution < 1.29 is 18.9 Å². The third-order valence-electron chi connectivity index (χ3n) is 3.66. The standard InChI is InChI=1S/C18H27BrO4/c19-16-7-8-17-18(15-16)23-12-6-2-4-10-21-14-13-20-9-3-1-5-11-22-17/h7-8,15H,1-6,9-14H2. The zero-order valence-corrected chi connectivity index (χ0v) is 15.3. The van der Waals surface area contributed by atoms with Crippen molar-refractivity contribution in [1.82, 2.24) is 0 Å². The molecule has 1 aromatic rings. The Morgan fingerprint density at radius 2 is 1.17 bits per heavy atom. The van der Waals surface area contributed by atoms with Crippen LogP contribution in [0.1, 0.15) is 38.5 Å². The molecule has 23 heavy (non-hydrogen) atoms. The number of halogens is 1. The SMILES string of the molecule is Brc1ccc2c(c1)OCCCCCOCCOCCCCCO2. The molecule has 1 aliphatic heterocycles. The number of hydrogen-bond donors (Lipinski definition) is 0. The second kappa shape index (κ2) is 11.7. The summed E-state index contributed by atoms with van der Waals surface area (Å²) in [5, 5.41) is 0. The van der Waals surface area contributed by atoms with Gasteiger partial charge in [0.25, 0.3) is 0 Å². The molecule has 1 aromatic carbocycles. The zero-order valence-electron chi connectivity index (χ0n) is 13.7. The van der Waals surface area contributed by atoms with Crippen LogP contribution in [0.25, 0.3) is 0 Å². The van der Waals surface area contributed by atoms with Crippen LogP contribution in [0.5, 0.6) is 11.5 Å². The monoisotopic (exact) mass is 386 g/mol. The van der Waals surface area contributed by atoms with E-state index >= 15 is 0 Å². The van der Waals surface area contributed by atoms with Gasteiger partial charge in [0.1, 0.15) is 0 Å². The second-order valence-corrected chi connectivity index (χ2v) is 6.55. The molecule has 1 aliphatic rings. The molecule has 0 aromatic heterocycles. The molecule has 0 radical (unpaired) electrons. The molecule has 0 aliphatic carbocycles. The number of fused-ring (bicyclic) bond motifs is 1. The van der Waals surface area contributed by atoms with Crippen LogP contribution >= 0.6 is 15.9 Å². The molecule has 0 bridgehead atoms. The van der Waals surface area contributed by atoms with Gasteiger partial charge in [0.15, 0.2) is 11.5 Å². The van der Waals surface area contributed by atoms with Gasteiger partial charge >= 0.3 is 0 Å². The lowest BCUT2D eigenvalue weighted by atomic mass is 10.2.